The molecule has 0 bridgehead atoms. The molecule has 3 heterocycles. The first-order chi connectivity index (χ1) is 11.6. The number of aryl methyl sites for hydroxylation is 1. The summed E-state index contributed by atoms with van der Waals surface area (Å²) in [6.07, 6.45) is 4.91. The number of rotatable bonds is 2. The number of fused-ring (bicyclic) bond motifs is 2. The molecule has 1 aliphatic carbocycles. The molecule has 9 nitrogen and oxygen atoms in total. The molecular formula is C15H19N7O2. The first kappa shape index (κ1) is 15.0. The second-order valence-electron chi connectivity index (χ2n) is 6.69. The van der Waals surface area contributed by atoms with E-state index in [1.165, 1.54) is 11.0 Å². The number of tetrazole rings is 1. The molecule has 1 spiro atoms. The first-order valence-electron chi connectivity index (χ1n) is 8.16. The van der Waals surface area contributed by atoms with Crippen LogP contribution >= 0.6 is 0 Å². The van der Waals surface area contributed by atoms with Crippen molar-refractivity contribution in [3.05, 3.63) is 33.8 Å². The third kappa shape index (κ3) is 2.40. The monoisotopic (exact) mass is 329 g/mol. The van der Waals surface area contributed by atoms with Crippen molar-refractivity contribution in [1.82, 2.24) is 35.1 Å². The van der Waals surface area contributed by atoms with E-state index in [1.54, 1.807) is 6.92 Å². The van der Waals surface area contributed by atoms with E-state index in [4.69, 9.17) is 0 Å². The van der Waals surface area contributed by atoms with Crippen molar-refractivity contribution in [2.45, 2.75) is 44.6 Å². The molecule has 9 heteroatoms. The Balaban J connectivity index is 1.60. The van der Waals surface area contributed by atoms with Crippen LogP contribution < -0.4 is 5.56 Å². The van der Waals surface area contributed by atoms with Gasteiger partial charge in [0.15, 0.2) is 0 Å². The highest BCUT2D eigenvalue weighted by Gasteiger charge is 2.45. The molecule has 2 aromatic rings. The fourth-order valence-electron chi connectivity index (χ4n) is 4.00. The zero-order valence-corrected chi connectivity index (χ0v) is 13.5. The largest absolute Gasteiger partial charge is 0.340 e. The number of aromatic amines is 1. The van der Waals surface area contributed by atoms with Gasteiger partial charge in [-0.2, -0.15) is 0 Å². The number of likely N-dealkylation sites (tertiary alicyclic amines) is 1. The standard InChI is InChI=1S/C15H19N7O2/c1-10-17-13-11(14(24)18-10)3-5-15(13)4-2-6-21(8-15)12(23)7-22-9-16-19-20-22/h9H,2-8H2,1H3,(H,17,18,24). The van der Waals surface area contributed by atoms with Gasteiger partial charge in [-0.15, -0.1) is 5.10 Å². The molecule has 2 aliphatic rings. The number of carbonyl (C=O) groups is 1. The molecule has 1 aliphatic heterocycles. The van der Waals surface area contributed by atoms with Crippen molar-refractivity contribution in [2.75, 3.05) is 13.1 Å². The Morgan fingerprint density at radius 3 is 3.08 bits per heavy atom. The third-order valence-electron chi connectivity index (χ3n) is 5.11. The highest BCUT2D eigenvalue weighted by atomic mass is 16.2. The highest BCUT2D eigenvalue weighted by Crippen LogP contribution is 2.42. The maximum atomic E-state index is 12.6. The van der Waals surface area contributed by atoms with Gasteiger partial charge in [0.2, 0.25) is 5.91 Å². The zero-order chi connectivity index (χ0) is 16.7. The van der Waals surface area contributed by atoms with Gasteiger partial charge in [0.05, 0.1) is 5.69 Å². The topological polar surface area (TPSA) is 110 Å². The molecule has 1 fully saturated rings. The lowest BCUT2D eigenvalue weighted by Crippen LogP contribution is -2.49. The normalized spacial score (nSPS) is 22.8. The molecule has 1 saturated heterocycles. The number of aromatic nitrogens is 6. The molecule has 1 N–H and O–H groups in total. The third-order valence-corrected chi connectivity index (χ3v) is 5.11. The van der Waals surface area contributed by atoms with Crippen LogP contribution in [0.4, 0.5) is 0 Å². The SMILES string of the molecule is Cc1nc2c(c(=O)[nH]1)CCC21CCCN(C(=O)Cn2cnnn2)C1. The van der Waals surface area contributed by atoms with E-state index >= 15 is 0 Å². The lowest BCUT2D eigenvalue weighted by Gasteiger charge is -2.40. The first-order valence-corrected chi connectivity index (χ1v) is 8.16. The van der Waals surface area contributed by atoms with Crippen molar-refractivity contribution < 1.29 is 4.79 Å². The van der Waals surface area contributed by atoms with E-state index in [2.05, 4.69) is 25.5 Å². The van der Waals surface area contributed by atoms with E-state index < -0.39 is 0 Å². The molecule has 1 amide bonds. The van der Waals surface area contributed by atoms with Crippen LogP contribution in [-0.2, 0) is 23.2 Å². The minimum atomic E-state index is -0.192. The van der Waals surface area contributed by atoms with E-state index in [1.807, 2.05) is 4.90 Å². The maximum absolute atomic E-state index is 12.6. The molecule has 24 heavy (non-hydrogen) atoms. The second kappa shape index (κ2) is 5.50. The van der Waals surface area contributed by atoms with Crippen molar-refractivity contribution in [2.24, 2.45) is 0 Å². The summed E-state index contributed by atoms with van der Waals surface area (Å²) >= 11 is 0. The Morgan fingerprint density at radius 1 is 1.42 bits per heavy atom. The summed E-state index contributed by atoms with van der Waals surface area (Å²) in [5.41, 5.74) is 1.45. The average Bonchev–Trinajstić information content (AvgIpc) is 3.17. The summed E-state index contributed by atoms with van der Waals surface area (Å²) < 4.78 is 1.43. The van der Waals surface area contributed by atoms with Crippen LogP contribution in [0.1, 0.15) is 36.3 Å². The fraction of sp³-hybridized carbons (Fsp3) is 0.600. The van der Waals surface area contributed by atoms with Crippen LogP contribution in [0.2, 0.25) is 0 Å². The summed E-state index contributed by atoms with van der Waals surface area (Å²) in [4.78, 5) is 34.0. The second-order valence-corrected chi connectivity index (χ2v) is 6.69. The van der Waals surface area contributed by atoms with Crippen LogP contribution in [0.5, 0.6) is 0 Å². The summed E-state index contributed by atoms with van der Waals surface area (Å²) in [7, 11) is 0. The summed E-state index contributed by atoms with van der Waals surface area (Å²) in [5.74, 6) is 0.633. The predicted octanol–water partition coefficient (Wildman–Crippen LogP) is -0.429. The number of carbonyl (C=O) groups excluding carboxylic acids is 1. The number of H-pyrrole nitrogens is 1. The van der Waals surface area contributed by atoms with Gasteiger partial charge in [0.1, 0.15) is 18.7 Å². The van der Waals surface area contributed by atoms with Gasteiger partial charge in [0, 0.05) is 24.1 Å². The van der Waals surface area contributed by atoms with Gasteiger partial charge < -0.3 is 9.88 Å². The maximum Gasteiger partial charge on any atom is 0.254 e. The number of hydrogen-bond donors (Lipinski definition) is 1. The Bertz CT molecular complexity index is 829. The smallest absolute Gasteiger partial charge is 0.254 e. The minimum absolute atomic E-state index is 0.00334. The summed E-state index contributed by atoms with van der Waals surface area (Å²) in [5, 5.41) is 10.9. The molecule has 0 saturated carbocycles. The minimum Gasteiger partial charge on any atom is -0.340 e. The number of nitrogens with zero attached hydrogens (tertiary/aromatic N) is 6. The van der Waals surface area contributed by atoms with Gasteiger partial charge in [-0.05, 0) is 43.0 Å². The van der Waals surface area contributed by atoms with Crippen molar-refractivity contribution in [3.63, 3.8) is 0 Å². The Hall–Kier alpha value is -2.58. The lowest BCUT2D eigenvalue weighted by molar-refractivity contribution is -0.134. The van der Waals surface area contributed by atoms with Gasteiger partial charge in [-0.25, -0.2) is 9.67 Å². The number of piperidine rings is 1. The number of nitrogens with one attached hydrogen (secondary N) is 1. The lowest BCUT2D eigenvalue weighted by atomic mass is 9.77. The number of amides is 1. The van der Waals surface area contributed by atoms with E-state index in [0.29, 0.717) is 12.4 Å². The van der Waals surface area contributed by atoms with Crippen LogP contribution in [-0.4, -0.2) is 54.1 Å². The van der Waals surface area contributed by atoms with Crippen molar-refractivity contribution >= 4 is 5.91 Å². The van der Waals surface area contributed by atoms with Crippen molar-refractivity contribution in [3.8, 4) is 0 Å². The van der Waals surface area contributed by atoms with Crippen LogP contribution in [0.3, 0.4) is 0 Å². The predicted molar refractivity (Wildman–Crippen MR) is 83.2 cm³/mol. The average molecular weight is 329 g/mol. The fourth-order valence-corrected chi connectivity index (χ4v) is 4.00. The Labute approximate surface area is 138 Å². The van der Waals surface area contributed by atoms with E-state index in [-0.39, 0.29) is 23.4 Å². The zero-order valence-electron chi connectivity index (χ0n) is 13.5. The highest BCUT2D eigenvalue weighted by molar-refractivity contribution is 5.76. The Kier molecular flexibility index (Phi) is 3.43. The molecule has 0 aromatic carbocycles. The van der Waals surface area contributed by atoms with E-state index in [0.717, 1.165) is 43.5 Å². The summed E-state index contributed by atoms with van der Waals surface area (Å²) in [6.45, 7) is 3.27. The molecule has 126 valence electrons. The molecule has 1 unspecified atom stereocenters. The molecule has 2 aromatic heterocycles. The molecule has 1 atom stereocenters. The molecule has 4 rings (SSSR count). The van der Waals surface area contributed by atoms with Gasteiger partial charge in [0.25, 0.3) is 5.56 Å². The van der Waals surface area contributed by atoms with Gasteiger partial charge >= 0.3 is 0 Å². The van der Waals surface area contributed by atoms with Crippen LogP contribution in [0.15, 0.2) is 11.1 Å². The van der Waals surface area contributed by atoms with Crippen LogP contribution in [0, 0.1) is 6.92 Å². The molecular weight excluding hydrogens is 310 g/mol. The van der Waals surface area contributed by atoms with Gasteiger partial charge in [-0.3, -0.25) is 9.59 Å². The molecule has 0 radical (unpaired) electrons. The number of hydrogen-bond acceptors (Lipinski definition) is 6. The van der Waals surface area contributed by atoms with E-state index in [9.17, 15) is 9.59 Å². The van der Waals surface area contributed by atoms with Gasteiger partial charge in [-0.1, -0.05) is 0 Å². The van der Waals surface area contributed by atoms with Crippen LogP contribution in [0.25, 0.3) is 0 Å². The summed E-state index contributed by atoms with van der Waals surface area (Å²) in [6, 6.07) is 0. The quantitative estimate of drug-likeness (QED) is 0.801. The Morgan fingerprint density at radius 2 is 2.29 bits per heavy atom. The van der Waals surface area contributed by atoms with Crippen molar-refractivity contribution in [1.29, 1.82) is 0 Å².